The average Bonchev–Trinajstić information content (AvgIpc) is 2.64. The molecule has 0 radical (unpaired) electrons. The Balaban J connectivity index is 1.82. The predicted octanol–water partition coefficient (Wildman–Crippen LogP) is 1.39. The van der Waals surface area contributed by atoms with Gasteiger partial charge in [-0.3, -0.25) is 4.79 Å². The molecule has 2 aliphatic rings. The summed E-state index contributed by atoms with van der Waals surface area (Å²) in [5.74, 6) is 0.332. The second-order valence-corrected chi connectivity index (χ2v) is 5.22. The monoisotopic (exact) mass is 210 g/mol. The first-order chi connectivity index (χ1) is 7.16. The van der Waals surface area contributed by atoms with E-state index in [1.807, 2.05) is 13.8 Å². The van der Waals surface area contributed by atoms with E-state index in [-0.39, 0.29) is 11.8 Å². The van der Waals surface area contributed by atoms with E-state index in [9.17, 15) is 4.79 Å². The third-order valence-electron chi connectivity index (χ3n) is 3.69. The van der Waals surface area contributed by atoms with Gasteiger partial charge in [-0.1, -0.05) is 13.8 Å². The lowest BCUT2D eigenvalue weighted by Gasteiger charge is -2.35. The van der Waals surface area contributed by atoms with E-state index in [0.29, 0.717) is 6.04 Å². The molecule has 0 spiro atoms. The molecule has 3 nitrogen and oxygen atoms in total. The summed E-state index contributed by atoms with van der Waals surface area (Å²) in [6.07, 6.45) is 4.97. The fourth-order valence-electron chi connectivity index (χ4n) is 2.72. The van der Waals surface area contributed by atoms with E-state index in [1.165, 1.54) is 32.4 Å². The summed E-state index contributed by atoms with van der Waals surface area (Å²) in [7, 11) is 0. The van der Waals surface area contributed by atoms with Crippen molar-refractivity contribution >= 4 is 5.91 Å². The molecule has 1 N–H and O–H groups in total. The molecule has 15 heavy (non-hydrogen) atoms. The first-order valence-corrected chi connectivity index (χ1v) is 6.21. The Morgan fingerprint density at radius 2 is 2.13 bits per heavy atom. The van der Waals surface area contributed by atoms with Gasteiger partial charge in [-0.05, 0) is 32.2 Å². The highest BCUT2D eigenvalue weighted by Crippen LogP contribution is 2.26. The zero-order valence-corrected chi connectivity index (χ0v) is 9.83. The summed E-state index contributed by atoms with van der Waals surface area (Å²) in [5, 5.41) is 3.17. The standard InChI is InChI=1S/C12H22N2O/c1-9(2)12(15)13-10-5-7-14-6-3-4-11(14)8-10/h9-11H,3-8H2,1-2H3,(H,13,15). The van der Waals surface area contributed by atoms with Gasteiger partial charge < -0.3 is 10.2 Å². The van der Waals surface area contributed by atoms with Gasteiger partial charge in [-0.15, -0.1) is 0 Å². The van der Waals surface area contributed by atoms with E-state index < -0.39 is 0 Å². The molecule has 0 bridgehead atoms. The van der Waals surface area contributed by atoms with E-state index in [2.05, 4.69) is 10.2 Å². The Morgan fingerprint density at radius 3 is 2.87 bits per heavy atom. The van der Waals surface area contributed by atoms with Crippen LogP contribution in [-0.2, 0) is 4.79 Å². The van der Waals surface area contributed by atoms with Gasteiger partial charge >= 0.3 is 0 Å². The second-order valence-electron chi connectivity index (χ2n) is 5.22. The molecular formula is C12H22N2O. The van der Waals surface area contributed by atoms with Gasteiger partial charge in [-0.2, -0.15) is 0 Å². The number of amides is 1. The third-order valence-corrected chi connectivity index (χ3v) is 3.69. The summed E-state index contributed by atoms with van der Waals surface area (Å²) in [4.78, 5) is 14.2. The molecule has 0 saturated carbocycles. The van der Waals surface area contributed by atoms with Gasteiger partial charge in [0.05, 0.1) is 0 Å². The number of carbonyl (C=O) groups is 1. The Morgan fingerprint density at radius 1 is 1.33 bits per heavy atom. The van der Waals surface area contributed by atoms with Gasteiger partial charge in [0.25, 0.3) is 0 Å². The number of piperidine rings is 1. The number of fused-ring (bicyclic) bond motifs is 1. The first-order valence-electron chi connectivity index (χ1n) is 6.21. The quantitative estimate of drug-likeness (QED) is 0.747. The molecule has 86 valence electrons. The Kier molecular flexibility index (Phi) is 3.29. The number of rotatable bonds is 2. The molecular weight excluding hydrogens is 188 g/mol. The van der Waals surface area contributed by atoms with Crippen molar-refractivity contribution in [3.8, 4) is 0 Å². The highest BCUT2D eigenvalue weighted by Gasteiger charge is 2.32. The number of carbonyl (C=O) groups excluding carboxylic acids is 1. The number of nitrogens with zero attached hydrogens (tertiary/aromatic N) is 1. The molecule has 2 fully saturated rings. The highest BCUT2D eigenvalue weighted by atomic mass is 16.1. The van der Waals surface area contributed by atoms with Crippen LogP contribution in [0.25, 0.3) is 0 Å². The molecule has 0 aromatic rings. The van der Waals surface area contributed by atoms with E-state index in [0.717, 1.165) is 12.5 Å². The van der Waals surface area contributed by atoms with Crippen molar-refractivity contribution in [2.24, 2.45) is 5.92 Å². The van der Waals surface area contributed by atoms with Crippen molar-refractivity contribution in [3.63, 3.8) is 0 Å². The zero-order valence-electron chi connectivity index (χ0n) is 9.83. The second kappa shape index (κ2) is 4.52. The lowest BCUT2D eigenvalue weighted by molar-refractivity contribution is -0.125. The molecule has 2 atom stereocenters. The average molecular weight is 210 g/mol. The van der Waals surface area contributed by atoms with Crippen LogP contribution in [0.5, 0.6) is 0 Å². The smallest absolute Gasteiger partial charge is 0.222 e. The van der Waals surface area contributed by atoms with Gasteiger partial charge in [0.15, 0.2) is 0 Å². The third kappa shape index (κ3) is 2.51. The lowest BCUT2D eigenvalue weighted by Crippen LogP contribution is -2.48. The van der Waals surface area contributed by atoms with Crippen molar-refractivity contribution in [2.45, 2.75) is 51.6 Å². The van der Waals surface area contributed by atoms with Crippen molar-refractivity contribution in [2.75, 3.05) is 13.1 Å². The fourth-order valence-corrected chi connectivity index (χ4v) is 2.72. The Bertz CT molecular complexity index is 240. The normalized spacial score (nSPS) is 31.7. The number of nitrogens with one attached hydrogen (secondary N) is 1. The highest BCUT2D eigenvalue weighted by molar-refractivity contribution is 5.78. The van der Waals surface area contributed by atoms with Crippen LogP contribution in [0.2, 0.25) is 0 Å². The van der Waals surface area contributed by atoms with Gasteiger partial charge in [0.2, 0.25) is 5.91 Å². The largest absolute Gasteiger partial charge is 0.353 e. The number of hydrogen-bond donors (Lipinski definition) is 1. The maximum Gasteiger partial charge on any atom is 0.222 e. The van der Waals surface area contributed by atoms with E-state index in [4.69, 9.17) is 0 Å². The van der Waals surface area contributed by atoms with Crippen molar-refractivity contribution in [1.82, 2.24) is 10.2 Å². The summed E-state index contributed by atoms with van der Waals surface area (Å²) in [6.45, 7) is 6.36. The van der Waals surface area contributed by atoms with Crippen LogP contribution in [0.3, 0.4) is 0 Å². The topological polar surface area (TPSA) is 32.3 Å². The van der Waals surface area contributed by atoms with Crippen LogP contribution in [0, 0.1) is 5.92 Å². The van der Waals surface area contributed by atoms with Crippen LogP contribution in [0.4, 0.5) is 0 Å². The molecule has 2 unspecified atom stereocenters. The first kappa shape index (κ1) is 10.9. The number of hydrogen-bond acceptors (Lipinski definition) is 2. The Hall–Kier alpha value is -0.570. The van der Waals surface area contributed by atoms with Crippen LogP contribution in [-0.4, -0.2) is 36.0 Å². The fraction of sp³-hybridized carbons (Fsp3) is 0.917. The lowest BCUT2D eigenvalue weighted by atomic mass is 9.97. The molecule has 0 aliphatic carbocycles. The molecule has 2 aliphatic heterocycles. The SMILES string of the molecule is CC(C)C(=O)NC1CCN2CCCC2C1. The molecule has 0 aromatic heterocycles. The molecule has 2 heterocycles. The molecule has 1 amide bonds. The van der Waals surface area contributed by atoms with Crippen LogP contribution < -0.4 is 5.32 Å². The summed E-state index contributed by atoms with van der Waals surface area (Å²) in [6, 6.07) is 1.18. The summed E-state index contributed by atoms with van der Waals surface area (Å²) < 4.78 is 0. The van der Waals surface area contributed by atoms with Crippen molar-refractivity contribution < 1.29 is 4.79 Å². The Labute approximate surface area is 92.2 Å². The molecule has 2 rings (SSSR count). The van der Waals surface area contributed by atoms with Crippen LogP contribution in [0.15, 0.2) is 0 Å². The maximum absolute atomic E-state index is 11.6. The maximum atomic E-state index is 11.6. The van der Waals surface area contributed by atoms with Gasteiger partial charge in [0.1, 0.15) is 0 Å². The van der Waals surface area contributed by atoms with Gasteiger partial charge in [-0.25, -0.2) is 0 Å². The molecule has 2 saturated heterocycles. The molecule has 3 heteroatoms. The van der Waals surface area contributed by atoms with Gasteiger partial charge in [0, 0.05) is 24.5 Å². The van der Waals surface area contributed by atoms with Crippen molar-refractivity contribution in [3.05, 3.63) is 0 Å². The molecule has 0 aromatic carbocycles. The van der Waals surface area contributed by atoms with Crippen LogP contribution in [0.1, 0.15) is 39.5 Å². The van der Waals surface area contributed by atoms with E-state index in [1.54, 1.807) is 0 Å². The van der Waals surface area contributed by atoms with Crippen LogP contribution >= 0.6 is 0 Å². The zero-order chi connectivity index (χ0) is 10.8. The summed E-state index contributed by atoms with van der Waals surface area (Å²) >= 11 is 0. The summed E-state index contributed by atoms with van der Waals surface area (Å²) in [5.41, 5.74) is 0. The predicted molar refractivity (Wildman–Crippen MR) is 60.6 cm³/mol. The minimum absolute atomic E-state index is 0.117. The minimum Gasteiger partial charge on any atom is -0.353 e. The van der Waals surface area contributed by atoms with E-state index >= 15 is 0 Å². The van der Waals surface area contributed by atoms with Crippen molar-refractivity contribution in [1.29, 1.82) is 0 Å². The minimum atomic E-state index is 0.117.